The number of nitrogens with one attached hydrogen (secondary N) is 1. The van der Waals surface area contributed by atoms with Crippen LogP contribution in [0.3, 0.4) is 0 Å². The van der Waals surface area contributed by atoms with E-state index in [-0.39, 0.29) is 51.7 Å². The van der Waals surface area contributed by atoms with Crippen LogP contribution in [0, 0.1) is 11.3 Å². The van der Waals surface area contributed by atoms with Crippen LogP contribution in [0.2, 0.25) is 0 Å². The Hall–Kier alpha value is -3.25. The average Bonchev–Trinajstić information content (AvgIpc) is 3.43. The van der Waals surface area contributed by atoms with Crippen molar-refractivity contribution < 1.29 is 53.8 Å². The minimum Gasteiger partial charge on any atom is -0.481 e. The van der Waals surface area contributed by atoms with Gasteiger partial charge in [-0.3, -0.25) is 4.79 Å². The van der Waals surface area contributed by atoms with Gasteiger partial charge in [-0.25, -0.2) is 13.4 Å². The molecule has 2 N–H and O–H groups in total. The lowest BCUT2D eigenvalue weighted by Crippen LogP contribution is -2.42. The average molecular weight is 645 g/mol. The van der Waals surface area contributed by atoms with Crippen molar-refractivity contribution in [2.24, 2.45) is 11.3 Å². The van der Waals surface area contributed by atoms with E-state index in [4.69, 9.17) is 4.42 Å². The highest BCUT2D eigenvalue weighted by atomic mass is 32.2. The minimum atomic E-state index is -5.28. The zero-order chi connectivity index (χ0) is 31.8. The summed E-state index contributed by atoms with van der Waals surface area (Å²) in [5, 5.41) is 17.2. The van der Waals surface area contributed by atoms with Gasteiger partial charge in [0.15, 0.2) is 5.01 Å². The van der Waals surface area contributed by atoms with E-state index in [1.54, 1.807) is 0 Å². The van der Waals surface area contributed by atoms with Crippen molar-refractivity contribution in [1.82, 2.24) is 19.9 Å². The maximum absolute atomic E-state index is 13.4. The second kappa shape index (κ2) is 11.8. The number of rotatable bonds is 11. The van der Waals surface area contributed by atoms with Crippen molar-refractivity contribution in [3.8, 4) is 27.1 Å². The number of benzene rings is 1. The van der Waals surface area contributed by atoms with Gasteiger partial charge in [-0.15, -0.1) is 34.7 Å². The smallest absolute Gasteiger partial charge is 0.481 e. The number of alkyl halides is 6. The standard InChI is InChI=1S/C24H26F6N4O6S2/c1-11(2)8-15-18(41-20(31-15)19-33-32-17(39-19)10-22(4,5)21(35)36)14-7-6-13(9-16(14)40-24(28,29)30)42(37,38)34-12(3)23(25,26)27/h6-7,9,11-12,34H,8,10H2,1-5H3,(H,35,36)/t12-/m0/s1. The Morgan fingerprint density at radius 1 is 1.12 bits per heavy atom. The van der Waals surface area contributed by atoms with Crippen LogP contribution >= 0.6 is 11.3 Å². The van der Waals surface area contributed by atoms with Gasteiger partial charge in [0.05, 0.1) is 20.9 Å². The van der Waals surface area contributed by atoms with Crippen molar-refractivity contribution in [1.29, 1.82) is 0 Å². The van der Waals surface area contributed by atoms with Crippen molar-refractivity contribution in [3.63, 3.8) is 0 Å². The topological polar surface area (TPSA) is 145 Å². The molecular weight excluding hydrogens is 618 g/mol. The molecule has 10 nitrogen and oxygen atoms in total. The van der Waals surface area contributed by atoms with Gasteiger partial charge in [-0.1, -0.05) is 13.8 Å². The number of thiazole rings is 1. The molecule has 3 aromatic rings. The third kappa shape index (κ3) is 8.19. The number of aliphatic carboxylic acids is 1. The molecule has 0 aliphatic rings. The highest BCUT2D eigenvalue weighted by molar-refractivity contribution is 7.89. The number of hydrogen-bond donors (Lipinski definition) is 2. The monoisotopic (exact) mass is 644 g/mol. The molecule has 0 spiro atoms. The van der Waals surface area contributed by atoms with E-state index in [1.807, 2.05) is 13.8 Å². The summed E-state index contributed by atoms with van der Waals surface area (Å²) in [7, 11) is -4.91. The lowest BCUT2D eigenvalue weighted by atomic mass is 9.90. The quantitative estimate of drug-likeness (QED) is 0.246. The van der Waals surface area contributed by atoms with Crippen molar-refractivity contribution >= 4 is 27.3 Å². The molecule has 1 atom stereocenters. The molecule has 0 amide bonds. The Morgan fingerprint density at radius 3 is 2.31 bits per heavy atom. The number of hydrogen-bond acceptors (Lipinski definition) is 9. The molecule has 232 valence electrons. The molecule has 3 rings (SSSR count). The lowest BCUT2D eigenvalue weighted by Gasteiger charge is -2.19. The number of ether oxygens (including phenoxy) is 1. The van der Waals surface area contributed by atoms with Crippen molar-refractivity contribution in [2.45, 2.75) is 70.9 Å². The number of sulfonamides is 1. The molecule has 0 aliphatic carbocycles. The van der Waals surface area contributed by atoms with E-state index in [2.05, 4.69) is 19.9 Å². The van der Waals surface area contributed by atoms with E-state index in [9.17, 15) is 44.7 Å². The van der Waals surface area contributed by atoms with E-state index in [0.717, 1.165) is 23.5 Å². The van der Waals surface area contributed by atoms with Gasteiger partial charge in [0.2, 0.25) is 15.9 Å². The van der Waals surface area contributed by atoms with Crippen LogP contribution < -0.4 is 9.46 Å². The molecule has 1 aromatic carbocycles. The summed E-state index contributed by atoms with van der Waals surface area (Å²) in [6.07, 6.45) is -10.1. The fourth-order valence-corrected chi connectivity index (χ4v) is 5.77. The molecule has 0 saturated heterocycles. The predicted octanol–water partition coefficient (Wildman–Crippen LogP) is 5.84. The first-order valence-corrected chi connectivity index (χ1v) is 14.4. The molecule has 0 saturated carbocycles. The van der Waals surface area contributed by atoms with Gasteiger partial charge >= 0.3 is 18.5 Å². The third-order valence-corrected chi connectivity index (χ3v) is 8.33. The molecular formula is C24H26F6N4O6S2. The van der Waals surface area contributed by atoms with E-state index in [1.165, 1.54) is 18.6 Å². The van der Waals surface area contributed by atoms with Gasteiger partial charge in [-0.2, -0.15) is 17.9 Å². The Labute approximate surface area is 240 Å². The Bertz CT molecular complexity index is 1550. The first-order valence-electron chi connectivity index (χ1n) is 12.1. The number of halogens is 6. The zero-order valence-corrected chi connectivity index (χ0v) is 24.3. The predicted molar refractivity (Wildman–Crippen MR) is 137 cm³/mol. The van der Waals surface area contributed by atoms with Gasteiger partial charge in [0.1, 0.15) is 11.8 Å². The molecule has 2 heterocycles. The highest BCUT2D eigenvalue weighted by Crippen LogP contribution is 2.43. The first-order chi connectivity index (χ1) is 19.1. The Balaban J connectivity index is 2.12. The lowest BCUT2D eigenvalue weighted by molar-refractivity contribution is -0.274. The molecule has 42 heavy (non-hydrogen) atoms. The maximum atomic E-state index is 13.4. The fourth-order valence-electron chi connectivity index (χ4n) is 3.48. The largest absolute Gasteiger partial charge is 0.573 e. The minimum absolute atomic E-state index is 0.0178. The molecule has 0 fully saturated rings. The summed E-state index contributed by atoms with van der Waals surface area (Å²) in [5.41, 5.74) is -1.19. The third-order valence-electron chi connectivity index (χ3n) is 5.68. The molecule has 0 aliphatic heterocycles. The molecule has 18 heteroatoms. The van der Waals surface area contributed by atoms with Gasteiger partial charge < -0.3 is 14.3 Å². The molecule has 0 bridgehead atoms. The summed E-state index contributed by atoms with van der Waals surface area (Å²) < 4.78 is 115. The van der Waals surface area contributed by atoms with Gasteiger partial charge in [0.25, 0.3) is 5.89 Å². The molecule has 2 aromatic heterocycles. The Kier molecular flexibility index (Phi) is 9.34. The number of carboxylic acids is 1. The first kappa shape index (κ1) is 33.3. The molecule has 0 unspecified atom stereocenters. The number of carbonyl (C=O) groups is 1. The van der Waals surface area contributed by atoms with Crippen LogP contribution in [-0.2, 0) is 27.7 Å². The van der Waals surface area contributed by atoms with E-state index < -0.39 is 50.6 Å². The van der Waals surface area contributed by atoms with Gasteiger partial charge in [-0.05, 0) is 45.2 Å². The van der Waals surface area contributed by atoms with Crippen molar-refractivity contribution in [2.75, 3.05) is 0 Å². The van der Waals surface area contributed by atoms with Crippen LogP contribution in [0.4, 0.5) is 26.3 Å². The van der Waals surface area contributed by atoms with Gasteiger partial charge in [0, 0.05) is 18.1 Å². The second-order valence-electron chi connectivity index (χ2n) is 10.3. The highest BCUT2D eigenvalue weighted by Gasteiger charge is 2.40. The van der Waals surface area contributed by atoms with E-state index >= 15 is 0 Å². The number of aromatic nitrogens is 3. The molecule has 0 radical (unpaired) electrons. The number of nitrogens with zero attached hydrogens (tertiary/aromatic N) is 3. The number of carboxylic acid groups (broad SMARTS) is 1. The van der Waals surface area contributed by atoms with Crippen LogP contribution in [0.25, 0.3) is 21.3 Å². The fraction of sp³-hybridized carbons (Fsp3) is 0.500. The van der Waals surface area contributed by atoms with E-state index in [0.29, 0.717) is 13.0 Å². The van der Waals surface area contributed by atoms with Crippen LogP contribution in [0.1, 0.15) is 46.2 Å². The SMILES string of the molecule is CC(C)Cc1nc(-c2nnc(CC(C)(C)C(=O)O)o2)sc1-c1ccc(S(=O)(=O)N[C@@H](C)C(F)(F)F)cc1OC(F)(F)F. The Morgan fingerprint density at radius 2 is 1.76 bits per heavy atom. The van der Waals surface area contributed by atoms with Crippen LogP contribution in [0.15, 0.2) is 27.5 Å². The zero-order valence-electron chi connectivity index (χ0n) is 22.7. The summed E-state index contributed by atoms with van der Waals surface area (Å²) >= 11 is 0.828. The summed E-state index contributed by atoms with van der Waals surface area (Å²) in [5.74, 6) is -2.29. The normalized spacial score (nSPS) is 13.9. The summed E-state index contributed by atoms with van der Waals surface area (Å²) in [6, 6.07) is -0.215. The van der Waals surface area contributed by atoms with Crippen molar-refractivity contribution in [3.05, 3.63) is 29.8 Å². The van der Waals surface area contributed by atoms with Crippen LogP contribution in [-0.4, -0.2) is 53.3 Å². The summed E-state index contributed by atoms with van der Waals surface area (Å²) in [6.45, 7) is 7.08. The second-order valence-corrected chi connectivity index (χ2v) is 13.1. The summed E-state index contributed by atoms with van der Waals surface area (Å²) in [4.78, 5) is 15.1. The van der Waals surface area contributed by atoms with Crippen LogP contribution in [0.5, 0.6) is 5.75 Å². The maximum Gasteiger partial charge on any atom is 0.573 e.